The second-order valence-corrected chi connectivity index (χ2v) is 4.42. The summed E-state index contributed by atoms with van der Waals surface area (Å²) in [5.74, 6) is 6.84. The second kappa shape index (κ2) is 6.24. The quantitative estimate of drug-likeness (QED) is 0.675. The van der Waals surface area contributed by atoms with E-state index in [0.717, 1.165) is 11.1 Å². The van der Waals surface area contributed by atoms with Gasteiger partial charge in [0, 0.05) is 18.2 Å². The van der Waals surface area contributed by atoms with Crippen LogP contribution in [0.25, 0.3) is 0 Å². The molecule has 18 heavy (non-hydrogen) atoms. The second-order valence-electron chi connectivity index (χ2n) is 3.49. The fourth-order valence-electron chi connectivity index (χ4n) is 1.38. The van der Waals surface area contributed by atoms with Gasteiger partial charge in [0.25, 0.3) is 5.22 Å². The molecule has 0 aliphatic rings. The minimum Gasteiger partial charge on any atom is -0.416 e. The summed E-state index contributed by atoms with van der Waals surface area (Å²) >= 11 is 1.47. The van der Waals surface area contributed by atoms with Crippen LogP contribution in [-0.2, 0) is 5.75 Å². The summed E-state index contributed by atoms with van der Waals surface area (Å²) in [4.78, 5) is 0. The van der Waals surface area contributed by atoms with Crippen molar-refractivity contribution >= 4 is 11.8 Å². The van der Waals surface area contributed by atoms with Crippen molar-refractivity contribution in [1.29, 1.82) is 0 Å². The van der Waals surface area contributed by atoms with E-state index in [0.29, 0.717) is 16.9 Å². The normalized spacial score (nSPS) is 9.89. The summed E-state index contributed by atoms with van der Waals surface area (Å²) in [7, 11) is 0. The molecule has 2 rings (SSSR count). The van der Waals surface area contributed by atoms with Crippen molar-refractivity contribution in [2.45, 2.75) is 17.9 Å². The zero-order valence-electron chi connectivity index (χ0n) is 9.88. The highest BCUT2D eigenvalue weighted by molar-refractivity contribution is 7.98. The summed E-state index contributed by atoms with van der Waals surface area (Å²) in [6.07, 6.45) is 0. The Morgan fingerprint density at radius 3 is 2.89 bits per heavy atom. The van der Waals surface area contributed by atoms with Gasteiger partial charge in [0.2, 0.25) is 5.89 Å². The molecule has 0 fully saturated rings. The zero-order valence-corrected chi connectivity index (χ0v) is 10.7. The highest BCUT2D eigenvalue weighted by Gasteiger charge is 2.05. The van der Waals surface area contributed by atoms with Crippen molar-refractivity contribution in [1.82, 2.24) is 10.2 Å². The zero-order chi connectivity index (χ0) is 12.8. The highest BCUT2D eigenvalue weighted by Crippen LogP contribution is 2.22. The number of benzene rings is 1. The SMILES string of the molecule is Cc1nnc(SCc2ccccc2C#CCO)o1. The van der Waals surface area contributed by atoms with Crippen molar-refractivity contribution in [2.75, 3.05) is 6.61 Å². The molecule has 0 atom stereocenters. The Bertz CT molecular complexity index is 584. The van der Waals surface area contributed by atoms with Crippen LogP contribution in [0.5, 0.6) is 0 Å². The van der Waals surface area contributed by atoms with Crippen molar-refractivity contribution in [3.05, 3.63) is 41.3 Å². The summed E-state index contributed by atoms with van der Waals surface area (Å²) in [5, 5.41) is 17.0. The number of aliphatic hydroxyl groups excluding tert-OH is 1. The van der Waals surface area contributed by atoms with Gasteiger partial charge >= 0.3 is 0 Å². The van der Waals surface area contributed by atoms with Crippen LogP contribution in [0.2, 0.25) is 0 Å². The standard InChI is InChI=1S/C13H12N2O2S/c1-10-14-15-13(17-10)18-9-12-6-3-2-5-11(12)7-4-8-16/h2-3,5-6,16H,8-9H2,1H3. The lowest BCUT2D eigenvalue weighted by Gasteiger charge is -2.01. The van der Waals surface area contributed by atoms with Crippen LogP contribution in [0.4, 0.5) is 0 Å². The molecule has 0 aliphatic carbocycles. The van der Waals surface area contributed by atoms with Crippen LogP contribution in [0, 0.1) is 18.8 Å². The van der Waals surface area contributed by atoms with E-state index in [-0.39, 0.29) is 6.61 Å². The van der Waals surface area contributed by atoms with E-state index in [1.165, 1.54) is 11.8 Å². The fourth-order valence-corrected chi connectivity index (χ4v) is 2.19. The Balaban J connectivity index is 2.09. The third kappa shape index (κ3) is 3.36. The van der Waals surface area contributed by atoms with Gasteiger partial charge in [-0.25, -0.2) is 0 Å². The van der Waals surface area contributed by atoms with Gasteiger partial charge in [0.05, 0.1) is 0 Å². The summed E-state index contributed by atoms with van der Waals surface area (Å²) < 4.78 is 5.29. The predicted molar refractivity (Wildman–Crippen MR) is 69.0 cm³/mol. The molecule has 1 N–H and O–H groups in total. The van der Waals surface area contributed by atoms with E-state index >= 15 is 0 Å². The van der Waals surface area contributed by atoms with Crippen molar-refractivity contribution in [2.24, 2.45) is 0 Å². The number of rotatable bonds is 3. The number of aryl methyl sites for hydroxylation is 1. The molecule has 0 saturated carbocycles. The van der Waals surface area contributed by atoms with Gasteiger partial charge in [0.15, 0.2) is 0 Å². The van der Waals surface area contributed by atoms with E-state index in [9.17, 15) is 0 Å². The van der Waals surface area contributed by atoms with Gasteiger partial charge in [-0.2, -0.15) is 0 Å². The first kappa shape index (κ1) is 12.7. The lowest BCUT2D eigenvalue weighted by Crippen LogP contribution is -1.87. The van der Waals surface area contributed by atoms with Gasteiger partial charge < -0.3 is 9.52 Å². The molecule has 0 unspecified atom stereocenters. The Hall–Kier alpha value is -1.77. The summed E-state index contributed by atoms with van der Waals surface area (Å²) in [6.45, 7) is 1.63. The molecule has 0 spiro atoms. The number of nitrogens with zero attached hydrogens (tertiary/aromatic N) is 2. The van der Waals surface area contributed by atoms with Crippen molar-refractivity contribution in [3.8, 4) is 11.8 Å². The largest absolute Gasteiger partial charge is 0.416 e. The molecule has 92 valence electrons. The Morgan fingerprint density at radius 2 is 2.17 bits per heavy atom. The van der Waals surface area contributed by atoms with Crippen molar-refractivity contribution < 1.29 is 9.52 Å². The van der Waals surface area contributed by atoms with E-state index in [1.807, 2.05) is 24.3 Å². The Morgan fingerprint density at radius 1 is 1.33 bits per heavy atom. The Labute approximate surface area is 109 Å². The summed E-state index contributed by atoms with van der Waals surface area (Å²) in [6, 6.07) is 7.81. The van der Waals surface area contributed by atoms with E-state index < -0.39 is 0 Å². The third-order valence-corrected chi connectivity index (χ3v) is 3.05. The Kier molecular flexibility index (Phi) is 4.40. The topological polar surface area (TPSA) is 59.2 Å². The smallest absolute Gasteiger partial charge is 0.276 e. The molecule has 2 aromatic rings. The molecule has 0 amide bonds. The van der Waals surface area contributed by atoms with Gasteiger partial charge in [-0.1, -0.05) is 41.8 Å². The number of hydrogen-bond acceptors (Lipinski definition) is 5. The average molecular weight is 260 g/mol. The van der Waals surface area contributed by atoms with E-state index in [1.54, 1.807) is 6.92 Å². The van der Waals surface area contributed by atoms with Gasteiger partial charge in [-0.15, -0.1) is 10.2 Å². The molecule has 0 saturated heterocycles. The molecule has 1 aromatic heterocycles. The molecule has 4 nitrogen and oxygen atoms in total. The first-order valence-corrected chi connectivity index (χ1v) is 6.38. The first-order valence-electron chi connectivity index (χ1n) is 5.40. The molecule has 5 heteroatoms. The maximum atomic E-state index is 8.72. The molecule has 0 bridgehead atoms. The average Bonchev–Trinajstić information content (AvgIpc) is 2.81. The van der Waals surface area contributed by atoms with Gasteiger partial charge in [0.1, 0.15) is 6.61 Å². The number of aromatic nitrogens is 2. The number of aliphatic hydroxyl groups is 1. The van der Waals surface area contributed by atoms with Gasteiger partial charge in [-0.3, -0.25) is 0 Å². The predicted octanol–water partition coefficient (Wildman–Crippen LogP) is 2.01. The van der Waals surface area contributed by atoms with Gasteiger partial charge in [-0.05, 0) is 11.6 Å². The first-order chi connectivity index (χ1) is 8.79. The molecular formula is C13H12N2O2S. The van der Waals surface area contributed by atoms with Crippen molar-refractivity contribution in [3.63, 3.8) is 0 Å². The minimum atomic E-state index is -0.135. The number of hydrogen-bond donors (Lipinski definition) is 1. The maximum absolute atomic E-state index is 8.72. The van der Waals surface area contributed by atoms with Crippen LogP contribution in [0.15, 0.2) is 33.9 Å². The summed E-state index contributed by atoms with van der Waals surface area (Å²) in [5.41, 5.74) is 1.99. The van der Waals surface area contributed by atoms with Crippen LogP contribution >= 0.6 is 11.8 Å². The van der Waals surface area contributed by atoms with Crippen LogP contribution in [0.3, 0.4) is 0 Å². The third-order valence-electron chi connectivity index (χ3n) is 2.18. The van der Waals surface area contributed by atoms with Crippen LogP contribution in [0.1, 0.15) is 17.0 Å². The lowest BCUT2D eigenvalue weighted by molar-refractivity contribution is 0.350. The number of thioether (sulfide) groups is 1. The molecule has 0 radical (unpaired) electrons. The van der Waals surface area contributed by atoms with E-state index in [2.05, 4.69) is 22.0 Å². The fraction of sp³-hybridized carbons (Fsp3) is 0.231. The molecule has 0 aliphatic heterocycles. The van der Waals surface area contributed by atoms with Crippen LogP contribution in [-0.4, -0.2) is 21.9 Å². The lowest BCUT2D eigenvalue weighted by atomic mass is 10.1. The van der Waals surface area contributed by atoms with Crippen LogP contribution < -0.4 is 0 Å². The molecule has 1 heterocycles. The molecule has 1 aromatic carbocycles. The minimum absolute atomic E-state index is 0.135. The molecular weight excluding hydrogens is 248 g/mol. The maximum Gasteiger partial charge on any atom is 0.276 e. The highest BCUT2D eigenvalue weighted by atomic mass is 32.2. The monoisotopic (exact) mass is 260 g/mol. The van der Waals surface area contributed by atoms with E-state index in [4.69, 9.17) is 9.52 Å².